The maximum absolute atomic E-state index is 13.0. The first kappa shape index (κ1) is 15.0. The molecule has 0 unspecified atom stereocenters. The Morgan fingerprint density at radius 3 is 2.71 bits per heavy atom. The number of rotatable bonds is 3. The molecule has 0 heterocycles. The Kier molecular flexibility index (Phi) is 4.55. The van der Waals surface area contributed by atoms with E-state index < -0.39 is 11.7 Å². The Morgan fingerprint density at radius 1 is 1.29 bits per heavy atom. The van der Waals surface area contributed by atoms with Crippen molar-refractivity contribution in [3.05, 3.63) is 64.4 Å². The normalized spacial score (nSPS) is 11.3. The molecule has 0 saturated heterocycles. The lowest BCUT2D eigenvalue weighted by Crippen LogP contribution is -2.13. The van der Waals surface area contributed by atoms with Crippen LogP contribution < -0.4 is 5.32 Å². The molecule has 0 spiro atoms. The van der Waals surface area contributed by atoms with Crippen LogP contribution in [0.5, 0.6) is 0 Å². The van der Waals surface area contributed by atoms with Gasteiger partial charge in [0.1, 0.15) is 5.82 Å². The predicted octanol–water partition coefficient (Wildman–Crippen LogP) is 3.93. The quantitative estimate of drug-likeness (QED) is 0.513. The second kappa shape index (κ2) is 6.37. The van der Waals surface area contributed by atoms with E-state index in [2.05, 4.69) is 10.5 Å². The summed E-state index contributed by atoms with van der Waals surface area (Å²) >= 11 is 5.84. The van der Waals surface area contributed by atoms with Crippen molar-refractivity contribution in [1.29, 1.82) is 0 Å². The van der Waals surface area contributed by atoms with Crippen LogP contribution in [0.15, 0.2) is 47.6 Å². The molecule has 2 aromatic carbocycles. The first-order valence-corrected chi connectivity index (χ1v) is 6.44. The molecular weight excluding hydrogens is 295 g/mol. The van der Waals surface area contributed by atoms with E-state index in [0.717, 1.165) is 6.07 Å². The van der Waals surface area contributed by atoms with Crippen LogP contribution in [0.3, 0.4) is 0 Å². The number of carbonyl (C=O) groups is 1. The van der Waals surface area contributed by atoms with Gasteiger partial charge in [-0.3, -0.25) is 4.79 Å². The van der Waals surface area contributed by atoms with Gasteiger partial charge in [-0.05, 0) is 37.3 Å². The van der Waals surface area contributed by atoms with Gasteiger partial charge in [0.15, 0.2) is 0 Å². The van der Waals surface area contributed by atoms with Gasteiger partial charge < -0.3 is 10.5 Å². The second-order valence-corrected chi connectivity index (χ2v) is 4.75. The summed E-state index contributed by atoms with van der Waals surface area (Å²) in [5, 5.41) is 14.5. The number of amides is 1. The summed E-state index contributed by atoms with van der Waals surface area (Å²) in [4.78, 5) is 12.1. The number of nitrogens with zero attached hydrogens (tertiary/aromatic N) is 1. The van der Waals surface area contributed by atoms with Crippen LogP contribution in [-0.2, 0) is 0 Å². The molecule has 4 nitrogen and oxygen atoms in total. The van der Waals surface area contributed by atoms with E-state index in [4.69, 9.17) is 16.8 Å². The molecule has 0 radical (unpaired) electrons. The van der Waals surface area contributed by atoms with Crippen LogP contribution in [0.25, 0.3) is 0 Å². The second-order valence-electron chi connectivity index (χ2n) is 4.34. The highest BCUT2D eigenvalue weighted by molar-refractivity contribution is 6.34. The lowest BCUT2D eigenvalue weighted by Gasteiger charge is -2.08. The highest BCUT2D eigenvalue weighted by atomic mass is 35.5. The maximum atomic E-state index is 13.0. The van der Waals surface area contributed by atoms with Crippen LogP contribution in [0.4, 0.5) is 10.1 Å². The van der Waals surface area contributed by atoms with Crippen molar-refractivity contribution in [2.75, 3.05) is 5.32 Å². The van der Waals surface area contributed by atoms with Crippen molar-refractivity contribution in [3.8, 4) is 0 Å². The van der Waals surface area contributed by atoms with E-state index in [1.807, 2.05) is 0 Å². The summed E-state index contributed by atoms with van der Waals surface area (Å²) in [7, 11) is 0. The Balaban J connectivity index is 2.23. The van der Waals surface area contributed by atoms with Gasteiger partial charge in [-0.1, -0.05) is 28.9 Å². The largest absolute Gasteiger partial charge is 0.411 e. The van der Waals surface area contributed by atoms with E-state index in [0.29, 0.717) is 17.0 Å². The SMILES string of the molecule is C/C(=N\O)c1cccc(NC(=O)c2ccc(F)cc2Cl)c1. The third kappa shape index (κ3) is 3.58. The summed E-state index contributed by atoms with van der Waals surface area (Å²) in [5.41, 5.74) is 1.78. The van der Waals surface area contributed by atoms with Crippen LogP contribution >= 0.6 is 11.6 Å². The van der Waals surface area contributed by atoms with Gasteiger partial charge in [0.25, 0.3) is 5.91 Å². The lowest BCUT2D eigenvalue weighted by molar-refractivity contribution is 0.102. The van der Waals surface area contributed by atoms with Crippen molar-refractivity contribution in [1.82, 2.24) is 0 Å². The van der Waals surface area contributed by atoms with Crippen LogP contribution in [0.2, 0.25) is 5.02 Å². The van der Waals surface area contributed by atoms with Crippen LogP contribution in [-0.4, -0.2) is 16.8 Å². The van der Waals surface area contributed by atoms with Crippen molar-refractivity contribution in [2.45, 2.75) is 6.92 Å². The molecule has 0 aliphatic carbocycles. The van der Waals surface area contributed by atoms with E-state index in [9.17, 15) is 9.18 Å². The number of halogens is 2. The summed E-state index contributed by atoms with van der Waals surface area (Å²) in [6, 6.07) is 10.4. The van der Waals surface area contributed by atoms with Crippen molar-refractivity contribution < 1.29 is 14.4 Å². The molecule has 0 bridgehead atoms. The predicted molar refractivity (Wildman–Crippen MR) is 79.8 cm³/mol. The van der Waals surface area contributed by atoms with Crippen molar-refractivity contribution in [3.63, 3.8) is 0 Å². The Bertz CT molecular complexity index is 717. The third-order valence-corrected chi connectivity index (χ3v) is 3.18. The smallest absolute Gasteiger partial charge is 0.257 e. The maximum Gasteiger partial charge on any atom is 0.257 e. The molecule has 108 valence electrons. The number of anilines is 1. The van der Waals surface area contributed by atoms with Gasteiger partial charge in [-0.2, -0.15) is 0 Å². The summed E-state index contributed by atoms with van der Waals surface area (Å²) in [5.74, 6) is -0.955. The number of carbonyl (C=O) groups excluding carboxylic acids is 1. The minimum Gasteiger partial charge on any atom is -0.411 e. The molecule has 2 aromatic rings. The Labute approximate surface area is 125 Å². The van der Waals surface area contributed by atoms with Gasteiger partial charge in [0.05, 0.1) is 16.3 Å². The zero-order valence-corrected chi connectivity index (χ0v) is 11.9. The fraction of sp³-hybridized carbons (Fsp3) is 0.0667. The molecule has 2 N–H and O–H groups in total. The van der Waals surface area contributed by atoms with Crippen LogP contribution in [0, 0.1) is 5.82 Å². The fourth-order valence-corrected chi connectivity index (χ4v) is 2.00. The molecule has 6 heteroatoms. The summed E-state index contributed by atoms with van der Waals surface area (Å²) in [6.45, 7) is 1.64. The minimum atomic E-state index is -0.506. The zero-order valence-electron chi connectivity index (χ0n) is 11.1. The molecule has 2 rings (SSSR count). The fourth-order valence-electron chi connectivity index (χ4n) is 1.75. The van der Waals surface area contributed by atoms with Crippen LogP contribution in [0.1, 0.15) is 22.8 Å². The van der Waals surface area contributed by atoms with E-state index >= 15 is 0 Å². The molecular formula is C15H12ClFN2O2. The lowest BCUT2D eigenvalue weighted by atomic mass is 10.1. The number of oxime groups is 1. The first-order chi connectivity index (χ1) is 10.0. The van der Waals surface area contributed by atoms with Crippen molar-refractivity contribution >= 4 is 28.9 Å². The van der Waals surface area contributed by atoms with Gasteiger partial charge in [0.2, 0.25) is 0 Å². The molecule has 0 aromatic heterocycles. The van der Waals surface area contributed by atoms with E-state index in [1.54, 1.807) is 31.2 Å². The standard InChI is InChI=1S/C15H12ClFN2O2/c1-9(19-21)10-3-2-4-12(7-10)18-15(20)13-6-5-11(17)8-14(13)16/h2-8,21H,1H3,(H,18,20)/b19-9+. The topological polar surface area (TPSA) is 61.7 Å². The molecule has 0 aliphatic rings. The van der Waals surface area contributed by atoms with Crippen molar-refractivity contribution in [2.24, 2.45) is 5.16 Å². The zero-order chi connectivity index (χ0) is 15.4. The molecule has 21 heavy (non-hydrogen) atoms. The van der Waals surface area contributed by atoms with Gasteiger partial charge >= 0.3 is 0 Å². The highest BCUT2D eigenvalue weighted by Gasteiger charge is 2.11. The third-order valence-electron chi connectivity index (χ3n) is 2.86. The highest BCUT2D eigenvalue weighted by Crippen LogP contribution is 2.19. The molecule has 0 fully saturated rings. The number of hydrogen-bond acceptors (Lipinski definition) is 3. The van der Waals surface area contributed by atoms with Gasteiger partial charge in [-0.15, -0.1) is 0 Å². The number of benzene rings is 2. The monoisotopic (exact) mass is 306 g/mol. The average Bonchev–Trinajstić information content (AvgIpc) is 2.46. The summed E-state index contributed by atoms with van der Waals surface area (Å²) in [6.07, 6.45) is 0. The van der Waals surface area contributed by atoms with E-state index in [-0.39, 0.29) is 10.6 Å². The summed E-state index contributed by atoms with van der Waals surface area (Å²) < 4.78 is 13.0. The van der Waals surface area contributed by atoms with E-state index in [1.165, 1.54) is 12.1 Å². The molecule has 0 saturated carbocycles. The first-order valence-electron chi connectivity index (χ1n) is 6.07. The Hall–Kier alpha value is -2.40. The number of nitrogens with one attached hydrogen (secondary N) is 1. The Morgan fingerprint density at radius 2 is 2.05 bits per heavy atom. The average molecular weight is 307 g/mol. The number of hydrogen-bond donors (Lipinski definition) is 2. The molecule has 1 amide bonds. The van der Waals surface area contributed by atoms with Gasteiger partial charge in [-0.25, -0.2) is 4.39 Å². The molecule has 0 aliphatic heterocycles. The molecule has 0 atom stereocenters. The van der Waals surface area contributed by atoms with Gasteiger partial charge in [0, 0.05) is 11.3 Å². The minimum absolute atomic E-state index is 0.0387.